The first-order valence-electron chi connectivity index (χ1n) is 12.5. The Labute approximate surface area is 233 Å². The van der Waals surface area contributed by atoms with E-state index in [1.165, 1.54) is 0 Å². The summed E-state index contributed by atoms with van der Waals surface area (Å²) in [7, 11) is 0. The zero-order valence-electron chi connectivity index (χ0n) is 22.0. The summed E-state index contributed by atoms with van der Waals surface area (Å²) < 4.78 is 17.0. The van der Waals surface area contributed by atoms with Gasteiger partial charge in [0.25, 0.3) is 0 Å². The molecule has 1 N–H and O–H groups in total. The van der Waals surface area contributed by atoms with Crippen molar-refractivity contribution < 1.29 is 23.8 Å². The van der Waals surface area contributed by atoms with E-state index in [0.717, 1.165) is 28.0 Å². The molecule has 3 rings (SSSR count). The molecule has 0 heterocycles. The normalized spacial score (nSPS) is 12.1. The van der Waals surface area contributed by atoms with E-state index in [4.69, 9.17) is 14.2 Å². The topological polar surface area (TPSA) is 73.9 Å². The molecule has 7 heteroatoms. The van der Waals surface area contributed by atoms with E-state index in [9.17, 15) is 9.59 Å². The monoisotopic (exact) mass is 579 g/mol. The van der Waals surface area contributed by atoms with Crippen LogP contribution in [-0.4, -0.2) is 29.0 Å². The minimum atomic E-state index is -0.929. The van der Waals surface area contributed by atoms with Crippen LogP contribution in [0.2, 0.25) is 0 Å². The third-order valence-corrected chi connectivity index (χ3v) is 5.71. The Balaban J connectivity index is 1.75. The summed E-state index contributed by atoms with van der Waals surface area (Å²) >= 11 is 3.42. The molecule has 3 aromatic carbocycles. The fourth-order valence-corrected chi connectivity index (χ4v) is 3.79. The Kier molecular flexibility index (Phi) is 11.0. The Morgan fingerprint density at radius 1 is 0.895 bits per heavy atom. The molecule has 1 amide bonds. The number of ether oxygens (including phenoxy) is 3. The fraction of sp³-hybridized carbons (Fsp3) is 0.290. The maximum absolute atomic E-state index is 13.0. The predicted octanol–water partition coefficient (Wildman–Crippen LogP) is 6.85. The largest absolute Gasteiger partial charge is 0.488 e. The van der Waals surface area contributed by atoms with Gasteiger partial charge in [-0.1, -0.05) is 94.8 Å². The summed E-state index contributed by atoms with van der Waals surface area (Å²) in [4.78, 5) is 25.6. The molecule has 0 aliphatic heterocycles. The van der Waals surface area contributed by atoms with Crippen LogP contribution >= 0.6 is 15.9 Å². The third-order valence-electron chi connectivity index (χ3n) is 5.33. The molecule has 0 saturated heterocycles. The van der Waals surface area contributed by atoms with E-state index in [1.807, 2.05) is 91.0 Å². The Morgan fingerprint density at radius 2 is 1.53 bits per heavy atom. The molecule has 0 aliphatic rings. The second-order valence-corrected chi connectivity index (χ2v) is 10.3. The zero-order chi connectivity index (χ0) is 27.4. The molecule has 200 valence electrons. The lowest BCUT2D eigenvalue weighted by Crippen LogP contribution is -2.45. The van der Waals surface area contributed by atoms with Gasteiger partial charge in [0.15, 0.2) is 0 Å². The highest BCUT2D eigenvalue weighted by Gasteiger charge is 2.28. The minimum absolute atomic E-state index is 0.0999. The van der Waals surface area contributed by atoms with Gasteiger partial charge in [-0.25, -0.2) is 9.59 Å². The third kappa shape index (κ3) is 10.1. The highest BCUT2D eigenvalue weighted by atomic mass is 79.9. The van der Waals surface area contributed by atoms with E-state index in [-0.39, 0.29) is 13.0 Å². The molecule has 6 nitrogen and oxygen atoms in total. The number of alkyl carbamates (subject to hydrolysis) is 1. The summed E-state index contributed by atoms with van der Waals surface area (Å²) in [6.45, 7) is 5.90. The molecular formula is C31H34BrNO5. The number of amides is 1. The summed E-state index contributed by atoms with van der Waals surface area (Å²) in [5.41, 5.74) is 2.92. The van der Waals surface area contributed by atoms with Gasteiger partial charge in [0.1, 0.15) is 30.6 Å². The maximum Gasteiger partial charge on any atom is 0.408 e. The SMILES string of the molecule is CC(C)(C)OC(=O)[C@H](Cc1ccc(OCc2ccccc2)c(/C=C/CBr)c1)NC(=O)OCc1ccccc1. The molecule has 0 fully saturated rings. The van der Waals surface area contributed by atoms with Crippen molar-refractivity contribution >= 4 is 34.1 Å². The highest BCUT2D eigenvalue weighted by molar-refractivity contribution is 9.09. The number of halogens is 1. The number of benzene rings is 3. The number of rotatable bonds is 11. The van der Waals surface area contributed by atoms with Gasteiger partial charge in [-0.05, 0) is 49.6 Å². The minimum Gasteiger partial charge on any atom is -0.488 e. The smallest absolute Gasteiger partial charge is 0.408 e. The van der Waals surface area contributed by atoms with Crippen molar-refractivity contribution in [1.29, 1.82) is 0 Å². The summed E-state index contributed by atoms with van der Waals surface area (Å²) in [6.07, 6.45) is 3.47. The van der Waals surface area contributed by atoms with Crippen molar-refractivity contribution in [3.05, 3.63) is 107 Å². The van der Waals surface area contributed by atoms with Crippen LogP contribution in [0.25, 0.3) is 6.08 Å². The molecule has 0 radical (unpaired) electrons. The van der Waals surface area contributed by atoms with Gasteiger partial charge in [0.2, 0.25) is 0 Å². The van der Waals surface area contributed by atoms with E-state index in [2.05, 4.69) is 21.2 Å². The van der Waals surface area contributed by atoms with Crippen molar-refractivity contribution in [2.75, 3.05) is 5.33 Å². The van der Waals surface area contributed by atoms with Gasteiger partial charge < -0.3 is 19.5 Å². The number of esters is 1. The first kappa shape index (κ1) is 29.0. The number of carbonyl (C=O) groups is 2. The molecular weight excluding hydrogens is 546 g/mol. The lowest BCUT2D eigenvalue weighted by molar-refractivity contribution is -0.157. The van der Waals surface area contributed by atoms with Gasteiger partial charge in [0.05, 0.1) is 0 Å². The Bertz CT molecular complexity index is 1210. The molecule has 0 saturated carbocycles. The summed E-state index contributed by atoms with van der Waals surface area (Å²) in [5, 5.41) is 3.37. The van der Waals surface area contributed by atoms with Crippen LogP contribution in [0.3, 0.4) is 0 Å². The number of hydrogen-bond donors (Lipinski definition) is 1. The van der Waals surface area contributed by atoms with Crippen molar-refractivity contribution in [1.82, 2.24) is 5.32 Å². The average Bonchev–Trinajstić information content (AvgIpc) is 2.90. The quantitative estimate of drug-likeness (QED) is 0.198. The van der Waals surface area contributed by atoms with Crippen LogP contribution in [0, 0.1) is 0 Å². The van der Waals surface area contributed by atoms with Gasteiger partial charge in [-0.15, -0.1) is 0 Å². The van der Waals surface area contributed by atoms with Gasteiger partial charge in [-0.2, -0.15) is 0 Å². The molecule has 0 unspecified atom stereocenters. The molecule has 38 heavy (non-hydrogen) atoms. The van der Waals surface area contributed by atoms with Crippen LogP contribution < -0.4 is 10.1 Å². The molecule has 0 spiro atoms. The van der Waals surface area contributed by atoms with E-state index in [0.29, 0.717) is 11.9 Å². The van der Waals surface area contributed by atoms with E-state index >= 15 is 0 Å². The number of alkyl halides is 1. The number of carbonyl (C=O) groups excluding carboxylic acids is 2. The average molecular weight is 581 g/mol. The van der Waals surface area contributed by atoms with Gasteiger partial charge in [0, 0.05) is 17.3 Å². The van der Waals surface area contributed by atoms with Crippen molar-refractivity contribution in [2.24, 2.45) is 0 Å². The van der Waals surface area contributed by atoms with Crippen LogP contribution in [0.5, 0.6) is 5.75 Å². The lowest BCUT2D eigenvalue weighted by atomic mass is 10.0. The molecule has 3 aromatic rings. The Morgan fingerprint density at radius 3 is 2.13 bits per heavy atom. The predicted molar refractivity (Wildman–Crippen MR) is 153 cm³/mol. The number of allylic oxidation sites excluding steroid dienone is 1. The first-order chi connectivity index (χ1) is 18.2. The molecule has 1 atom stereocenters. The summed E-state index contributed by atoms with van der Waals surface area (Å²) in [5.74, 6) is 0.190. The second-order valence-electron chi connectivity index (χ2n) is 9.70. The van der Waals surface area contributed by atoms with Gasteiger partial charge in [-0.3, -0.25) is 0 Å². The van der Waals surface area contributed by atoms with Crippen molar-refractivity contribution in [3.63, 3.8) is 0 Å². The molecule has 0 bridgehead atoms. The fourth-order valence-electron chi connectivity index (χ4n) is 3.60. The lowest BCUT2D eigenvalue weighted by Gasteiger charge is -2.24. The van der Waals surface area contributed by atoms with Crippen molar-refractivity contribution in [3.8, 4) is 5.75 Å². The van der Waals surface area contributed by atoms with Crippen LogP contribution in [0.15, 0.2) is 84.9 Å². The highest BCUT2D eigenvalue weighted by Crippen LogP contribution is 2.24. The number of nitrogens with one attached hydrogen (secondary N) is 1. The Hall–Kier alpha value is -3.58. The zero-order valence-corrected chi connectivity index (χ0v) is 23.6. The van der Waals surface area contributed by atoms with E-state index < -0.39 is 23.7 Å². The van der Waals surface area contributed by atoms with Gasteiger partial charge >= 0.3 is 12.1 Å². The standard InChI is InChI=1S/C31H34BrNO5/c1-31(2,3)38-29(34)27(33-30(35)37-22-24-13-8-5-9-14-24)20-25-16-17-28(26(19-25)15-10-18-32)36-21-23-11-6-4-7-12-23/h4-17,19,27H,18,20-22H2,1-3H3,(H,33,35)/b15-10+/t27-/m0/s1. The molecule has 0 aromatic heterocycles. The van der Waals surface area contributed by atoms with Crippen LogP contribution in [0.4, 0.5) is 4.79 Å². The molecule has 0 aliphatic carbocycles. The number of hydrogen-bond acceptors (Lipinski definition) is 5. The first-order valence-corrected chi connectivity index (χ1v) is 13.6. The van der Waals surface area contributed by atoms with Crippen LogP contribution in [-0.2, 0) is 33.9 Å². The maximum atomic E-state index is 13.0. The van der Waals surface area contributed by atoms with Crippen molar-refractivity contribution in [2.45, 2.75) is 52.0 Å². The summed E-state index contributed by atoms with van der Waals surface area (Å²) in [6, 6.07) is 24.1. The second kappa shape index (κ2) is 14.4. The van der Waals surface area contributed by atoms with E-state index in [1.54, 1.807) is 20.8 Å². The van der Waals surface area contributed by atoms with Crippen LogP contribution in [0.1, 0.15) is 43.0 Å².